The molecule has 0 aliphatic carbocycles. The molecule has 1 aromatic rings. The third-order valence-corrected chi connectivity index (χ3v) is 2.56. The lowest BCUT2D eigenvalue weighted by Gasteiger charge is -2.19. The molecule has 0 bridgehead atoms. The minimum Gasteiger partial charge on any atom is -0.510 e. The molecule has 0 saturated heterocycles. The van der Waals surface area contributed by atoms with Gasteiger partial charge in [-0.3, -0.25) is 14.5 Å². The monoisotopic (exact) mass is 217 g/mol. The molecule has 1 aliphatic rings. The van der Waals surface area contributed by atoms with Crippen molar-refractivity contribution in [2.75, 3.05) is 0 Å². The lowest BCUT2D eigenvalue weighted by Crippen LogP contribution is -2.38. The number of hydrogen-bond donors (Lipinski definition) is 1. The number of aliphatic hydroxyl groups is 1. The van der Waals surface area contributed by atoms with E-state index in [-0.39, 0.29) is 5.76 Å². The summed E-state index contributed by atoms with van der Waals surface area (Å²) >= 11 is 0. The molecule has 1 atom stereocenters. The Morgan fingerprint density at radius 1 is 1.31 bits per heavy atom. The highest BCUT2D eigenvalue weighted by atomic mass is 16.3. The third kappa shape index (κ3) is 1.58. The van der Waals surface area contributed by atoms with E-state index in [2.05, 4.69) is 0 Å². The Morgan fingerprint density at radius 2 is 1.94 bits per heavy atom. The SMILES string of the molecule is C[C@H]1C(O)=CC(=O)N1C(=O)c1ccccc1. The molecule has 0 saturated carbocycles. The summed E-state index contributed by atoms with van der Waals surface area (Å²) in [5.74, 6) is -0.938. The zero-order chi connectivity index (χ0) is 11.7. The second kappa shape index (κ2) is 3.81. The van der Waals surface area contributed by atoms with Crippen LogP contribution in [0, 0.1) is 0 Å². The molecular weight excluding hydrogens is 206 g/mol. The number of hydrogen-bond acceptors (Lipinski definition) is 3. The Labute approximate surface area is 92.8 Å². The molecule has 0 fully saturated rings. The Morgan fingerprint density at radius 3 is 2.44 bits per heavy atom. The van der Waals surface area contributed by atoms with Crippen molar-refractivity contribution in [2.24, 2.45) is 0 Å². The summed E-state index contributed by atoms with van der Waals surface area (Å²) in [5, 5.41) is 9.38. The van der Waals surface area contributed by atoms with Crippen LogP contribution < -0.4 is 0 Å². The molecule has 4 heteroatoms. The zero-order valence-electron chi connectivity index (χ0n) is 8.75. The molecular formula is C12H11NO3. The summed E-state index contributed by atoms with van der Waals surface area (Å²) in [7, 11) is 0. The molecule has 1 aliphatic heterocycles. The van der Waals surface area contributed by atoms with E-state index in [0.29, 0.717) is 5.56 Å². The van der Waals surface area contributed by atoms with E-state index < -0.39 is 17.9 Å². The summed E-state index contributed by atoms with van der Waals surface area (Å²) in [6, 6.07) is 7.94. The van der Waals surface area contributed by atoms with Crippen molar-refractivity contribution in [3.05, 3.63) is 47.7 Å². The fourth-order valence-electron chi connectivity index (χ4n) is 1.64. The number of carbonyl (C=O) groups is 2. The van der Waals surface area contributed by atoms with E-state index in [1.165, 1.54) is 0 Å². The van der Waals surface area contributed by atoms with E-state index in [0.717, 1.165) is 11.0 Å². The first-order valence-corrected chi connectivity index (χ1v) is 4.94. The lowest BCUT2D eigenvalue weighted by atomic mass is 10.2. The van der Waals surface area contributed by atoms with Crippen LogP contribution in [0.3, 0.4) is 0 Å². The Bertz CT molecular complexity index is 464. The average molecular weight is 217 g/mol. The van der Waals surface area contributed by atoms with Gasteiger partial charge in [-0.1, -0.05) is 18.2 Å². The fourth-order valence-corrected chi connectivity index (χ4v) is 1.64. The minimum atomic E-state index is -0.583. The highest BCUT2D eigenvalue weighted by molar-refractivity contribution is 6.10. The van der Waals surface area contributed by atoms with E-state index in [1.807, 2.05) is 0 Å². The van der Waals surface area contributed by atoms with Crippen molar-refractivity contribution in [3.63, 3.8) is 0 Å². The zero-order valence-corrected chi connectivity index (χ0v) is 8.75. The van der Waals surface area contributed by atoms with E-state index in [1.54, 1.807) is 37.3 Å². The van der Waals surface area contributed by atoms with Gasteiger partial charge in [0.2, 0.25) is 0 Å². The first-order chi connectivity index (χ1) is 7.61. The maximum atomic E-state index is 12.0. The van der Waals surface area contributed by atoms with Gasteiger partial charge < -0.3 is 5.11 Å². The smallest absolute Gasteiger partial charge is 0.261 e. The quantitative estimate of drug-likeness (QED) is 0.725. The van der Waals surface area contributed by atoms with Crippen molar-refractivity contribution >= 4 is 11.8 Å². The van der Waals surface area contributed by atoms with Crippen molar-refractivity contribution < 1.29 is 14.7 Å². The number of nitrogens with zero attached hydrogens (tertiary/aromatic N) is 1. The van der Waals surface area contributed by atoms with Crippen molar-refractivity contribution in [1.29, 1.82) is 0 Å². The topological polar surface area (TPSA) is 57.6 Å². The fraction of sp³-hybridized carbons (Fsp3) is 0.167. The Kier molecular flexibility index (Phi) is 2.48. The molecule has 0 unspecified atom stereocenters. The largest absolute Gasteiger partial charge is 0.510 e. The van der Waals surface area contributed by atoms with Gasteiger partial charge >= 0.3 is 0 Å². The van der Waals surface area contributed by atoms with Crippen molar-refractivity contribution in [3.8, 4) is 0 Å². The summed E-state index contributed by atoms with van der Waals surface area (Å²) in [4.78, 5) is 24.5. The van der Waals surface area contributed by atoms with Gasteiger partial charge in [0, 0.05) is 11.6 Å². The van der Waals surface area contributed by atoms with E-state index in [9.17, 15) is 14.7 Å². The van der Waals surface area contributed by atoms with Crippen LogP contribution in [0.5, 0.6) is 0 Å². The second-order valence-corrected chi connectivity index (χ2v) is 3.62. The maximum absolute atomic E-state index is 12.0. The van der Waals surface area contributed by atoms with Crippen LogP contribution >= 0.6 is 0 Å². The van der Waals surface area contributed by atoms with Crippen molar-refractivity contribution in [1.82, 2.24) is 4.90 Å². The highest BCUT2D eigenvalue weighted by Gasteiger charge is 2.34. The third-order valence-electron chi connectivity index (χ3n) is 2.56. The van der Waals surface area contributed by atoms with Gasteiger partial charge in [0.15, 0.2) is 0 Å². The molecule has 0 aromatic heterocycles. The van der Waals surface area contributed by atoms with Gasteiger partial charge in [-0.15, -0.1) is 0 Å². The van der Waals surface area contributed by atoms with E-state index >= 15 is 0 Å². The van der Waals surface area contributed by atoms with Crippen LogP contribution in [0.25, 0.3) is 0 Å². The summed E-state index contributed by atoms with van der Waals surface area (Å²) in [6.07, 6.45) is 1.07. The van der Waals surface area contributed by atoms with E-state index in [4.69, 9.17) is 0 Å². The molecule has 2 rings (SSSR count). The summed E-state index contributed by atoms with van der Waals surface area (Å²) < 4.78 is 0. The molecule has 2 amide bonds. The summed E-state index contributed by atoms with van der Waals surface area (Å²) in [5.41, 5.74) is 0.436. The molecule has 4 nitrogen and oxygen atoms in total. The first-order valence-electron chi connectivity index (χ1n) is 4.94. The van der Waals surface area contributed by atoms with Crippen LogP contribution in [-0.2, 0) is 4.79 Å². The van der Waals surface area contributed by atoms with Crippen molar-refractivity contribution in [2.45, 2.75) is 13.0 Å². The van der Waals surface area contributed by atoms with Crippen LogP contribution in [0.15, 0.2) is 42.2 Å². The molecule has 1 aromatic carbocycles. The Hall–Kier alpha value is -2.10. The normalized spacial score (nSPS) is 19.8. The molecule has 0 radical (unpaired) electrons. The highest BCUT2D eigenvalue weighted by Crippen LogP contribution is 2.19. The minimum absolute atomic E-state index is 0.0747. The molecule has 0 spiro atoms. The number of amides is 2. The summed E-state index contributed by atoms with van der Waals surface area (Å²) in [6.45, 7) is 1.61. The van der Waals surface area contributed by atoms with Gasteiger partial charge in [0.05, 0.1) is 6.04 Å². The van der Waals surface area contributed by atoms with Gasteiger partial charge in [-0.25, -0.2) is 0 Å². The lowest BCUT2D eigenvalue weighted by molar-refractivity contribution is -0.123. The predicted molar refractivity (Wildman–Crippen MR) is 57.8 cm³/mol. The molecule has 16 heavy (non-hydrogen) atoms. The standard InChI is InChI=1S/C12H11NO3/c1-8-10(14)7-11(15)13(8)12(16)9-5-3-2-4-6-9/h2-8,14H,1H3/t8-/m0/s1. The molecule has 1 N–H and O–H groups in total. The van der Waals surface area contributed by atoms with Gasteiger partial charge in [-0.05, 0) is 19.1 Å². The number of benzene rings is 1. The number of imide groups is 1. The molecule has 1 heterocycles. The first kappa shape index (κ1) is 10.4. The average Bonchev–Trinajstić information content (AvgIpc) is 2.54. The van der Waals surface area contributed by atoms with Crippen LogP contribution in [-0.4, -0.2) is 27.9 Å². The number of rotatable bonds is 1. The van der Waals surface area contributed by atoms with Crippen LogP contribution in [0.1, 0.15) is 17.3 Å². The number of aliphatic hydroxyl groups excluding tert-OH is 1. The van der Waals surface area contributed by atoms with Gasteiger partial charge in [0.1, 0.15) is 5.76 Å². The second-order valence-electron chi connectivity index (χ2n) is 3.62. The number of carbonyl (C=O) groups excluding carboxylic acids is 2. The van der Waals surface area contributed by atoms with Gasteiger partial charge in [0.25, 0.3) is 11.8 Å². The van der Waals surface area contributed by atoms with Crippen LogP contribution in [0.4, 0.5) is 0 Å². The maximum Gasteiger partial charge on any atom is 0.261 e. The van der Waals surface area contributed by atoms with Crippen LogP contribution in [0.2, 0.25) is 0 Å². The Balaban J connectivity index is 2.28. The predicted octanol–water partition coefficient (Wildman–Crippen LogP) is 1.50. The molecule has 82 valence electrons. The van der Waals surface area contributed by atoms with Gasteiger partial charge in [-0.2, -0.15) is 0 Å².